The summed E-state index contributed by atoms with van der Waals surface area (Å²) in [5.74, 6) is -3.07. The number of rotatable bonds is 4. The maximum absolute atomic E-state index is 13.2. The Morgan fingerprint density at radius 1 is 1.15 bits per heavy atom. The van der Waals surface area contributed by atoms with Crippen molar-refractivity contribution < 1.29 is 26.5 Å². The van der Waals surface area contributed by atoms with E-state index in [0.29, 0.717) is 30.7 Å². The van der Waals surface area contributed by atoms with Gasteiger partial charge in [0.1, 0.15) is 0 Å². The molecule has 4 nitrogen and oxygen atoms in total. The maximum Gasteiger partial charge on any atom is 0.441 e. The smallest absolute Gasteiger partial charge is 0.296 e. The third-order valence-electron chi connectivity index (χ3n) is 4.69. The van der Waals surface area contributed by atoms with E-state index in [4.69, 9.17) is 0 Å². The minimum Gasteiger partial charge on any atom is -0.296 e. The Bertz CT molecular complexity index is 798. The molecule has 1 aliphatic carbocycles. The molecule has 0 amide bonds. The summed E-state index contributed by atoms with van der Waals surface area (Å²) < 4.78 is 70.2. The van der Waals surface area contributed by atoms with Crippen molar-refractivity contribution in [3.05, 3.63) is 51.8 Å². The van der Waals surface area contributed by atoms with E-state index in [9.17, 15) is 26.7 Å². The number of hydrogen-bond acceptors (Lipinski definition) is 3. The van der Waals surface area contributed by atoms with Gasteiger partial charge in [-0.1, -0.05) is 17.3 Å². The van der Waals surface area contributed by atoms with E-state index in [1.807, 2.05) is 0 Å². The van der Waals surface area contributed by atoms with Gasteiger partial charge >= 0.3 is 11.9 Å². The molecule has 0 atom stereocenters. The van der Waals surface area contributed by atoms with Crippen molar-refractivity contribution in [1.82, 2.24) is 9.72 Å². The second-order valence-electron chi connectivity index (χ2n) is 6.65. The molecule has 26 heavy (non-hydrogen) atoms. The Hall–Kier alpha value is -2.19. The van der Waals surface area contributed by atoms with E-state index in [0.717, 1.165) is 12.1 Å². The predicted molar refractivity (Wildman–Crippen MR) is 81.9 cm³/mol. The second kappa shape index (κ2) is 6.85. The highest BCUT2D eigenvalue weighted by molar-refractivity contribution is 5.24. The molecule has 1 aliphatic rings. The molecular formula is C17H17F5N2O2. The first-order valence-corrected chi connectivity index (χ1v) is 8.23. The van der Waals surface area contributed by atoms with Crippen molar-refractivity contribution in [3.63, 3.8) is 0 Å². The lowest BCUT2D eigenvalue weighted by Crippen LogP contribution is -2.27. The highest BCUT2D eigenvalue weighted by atomic mass is 19.4. The SMILES string of the molecule is O=c1onc(CC2CCC(F)(F)CC2)n1Cc1ccc(C(F)(F)F)cc1. The van der Waals surface area contributed by atoms with Gasteiger partial charge in [-0.05, 0) is 36.5 Å². The molecule has 1 saturated carbocycles. The fourth-order valence-corrected chi connectivity index (χ4v) is 3.14. The highest BCUT2D eigenvalue weighted by Gasteiger charge is 2.35. The van der Waals surface area contributed by atoms with Crippen LogP contribution in [0, 0.1) is 5.92 Å². The van der Waals surface area contributed by atoms with E-state index in [-0.39, 0.29) is 25.3 Å². The second-order valence-corrected chi connectivity index (χ2v) is 6.65. The average molecular weight is 376 g/mol. The van der Waals surface area contributed by atoms with Crippen molar-refractivity contribution in [2.75, 3.05) is 0 Å². The number of alkyl halides is 5. The molecule has 3 rings (SSSR count). The van der Waals surface area contributed by atoms with E-state index >= 15 is 0 Å². The standard InChI is InChI=1S/C17H17F5N2O2/c18-16(19)7-5-11(6-8-16)9-14-23-26-15(25)24(14)10-12-1-3-13(4-2-12)17(20,21)22/h1-4,11H,5-10H2. The number of aromatic nitrogens is 2. The molecule has 0 saturated heterocycles. The summed E-state index contributed by atoms with van der Waals surface area (Å²) in [6.45, 7) is 0.0126. The van der Waals surface area contributed by atoms with Crippen LogP contribution < -0.4 is 5.76 Å². The summed E-state index contributed by atoms with van der Waals surface area (Å²) in [6, 6.07) is 4.45. The van der Waals surface area contributed by atoms with Gasteiger partial charge in [-0.3, -0.25) is 9.09 Å². The number of benzene rings is 1. The summed E-state index contributed by atoms with van der Waals surface area (Å²) in [5.41, 5.74) is -0.290. The van der Waals surface area contributed by atoms with E-state index in [2.05, 4.69) is 9.68 Å². The van der Waals surface area contributed by atoms with Crippen molar-refractivity contribution in [2.24, 2.45) is 5.92 Å². The highest BCUT2D eigenvalue weighted by Crippen LogP contribution is 2.37. The van der Waals surface area contributed by atoms with Gasteiger partial charge < -0.3 is 0 Å². The van der Waals surface area contributed by atoms with Crippen LogP contribution in [0.15, 0.2) is 33.6 Å². The van der Waals surface area contributed by atoms with Crippen LogP contribution in [0.2, 0.25) is 0 Å². The topological polar surface area (TPSA) is 48.0 Å². The lowest BCUT2D eigenvalue weighted by molar-refractivity contribution is -0.137. The van der Waals surface area contributed by atoms with Gasteiger partial charge in [0.05, 0.1) is 12.1 Å². The van der Waals surface area contributed by atoms with Crippen molar-refractivity contribution in [2.45, 2.75) is 50.7 Å². The summed E-state index contributed by atoms with van der Waals surface area (Å²) in [7, 11) is 0. The van der Waals surface area contributed by atoms with E-state index in [1.54, 1.807) is 0 Å². The fourth-order valence-electron chi connectivity index (χ4n) is 3.14. The van der Waals surface area contributed by atoms with Crippen LogP contribution >= 0.6 is 0 Å². The molecule has 1 aromatic heterocycles. The maximum atomic E-state index is 13.2. The minimum atomic E-state index is -4.43. The molecule has 1 aromatic carbocycles. The molecule has 0 spiro atoms. The Morgan fingerprint density at radius 3 is 2.35 bits per heavy atom. The number of halogens is 5. The zero-order chi connectivity index (χ0) is 18.9. The summed E-state index contributed by atoms with van der Waals surface area (Å²) in [4.78, 5) is 11.8. The molecular weight excluding hydrogens is 359 g/mol. The Morgan fingerprint density at radius 2 is 1.77 bits per heavy atom. The van der Waals surface area contributed by atoms with Gasteiger partial charge in [-0.2, -0.15) is 13.2 Å². The molecule has 0 aliphatic heterocycles. The first kappa shape index (κ1) is 18.6. The molecule has 1 fully saturated rings. The normalized spacial score (nSPS) is 18.2. The Balaban J connectivity index is 1.71. The zero-order valence-corrected chi connectivity index (χ0v) is 13.7. The first-order valence-electron chi connectivity index (χ1n) is 8.23. The van der Waals surface area contributed by atoms with Crippen LogP contribution in [-0.2, 0) is 19.1 Å². The Labute approximate surface area is 145 Å². The fraction of sp³-hybridized carbons (Fsp3) is 0.529. The summed E-state index contributed by atoms with van der Waals surface area (Å²) in [6.07, 6.45) is -3.84. The number of nitrogens with zero attached hydrogens (tertiary/aromatic N) is 2. The van der Waals surface area contributed by atoms with E-state index in [1.165, 1.54) is 16.7 Å². The largest absolute Gasteiger partial charge is 0.441 e. The molecule has 0 radical (unpaired) electrons. The molecule has 142 valence electrons. The molecule has 0 N–H and O–H groups in total. The van der Waals surface area contributed by atoms with Crippen molar-refractivity contribution >= 4 is 0 Å². The van der Waals surface area contributed by atoms with Gasteiger partial charge in [-0.25, -0.2) is 13.6 Å². The van der Waals surface area contributed by atoms with Gasteiger partial charge in [0, 0.05) is 19.3 Å². The third-order valence-corrected chi connectivity index (χ3v) is 4.69. The third kappa shape index (κ3) is 4.31. The van der Waals surface area contributed by atoms with Crippen LogP contribution in [0.1, 0.15) is 42.6 Å². The quantitative estimate of drug-likeness (QED) is 0.749. The van der Waals surface area contributed by atoms with Crippen LogP contribution in [0.3, 0.4) is 0 Å². The van der Waals surface area contributed by atoms with E-state index < -0.39 is 23.4 Å². The molecule has 0 bridgehead atoms. The van der Waals surface area contributed by atoms with Crippen LogP contribution in [0.4, 0.5) is 22.0 Å². The van der Waals surface area contributed by atoms with Crippen LogP contribution in [0.25, 0.3) is 0 Å². The van der Waals surface area contributed by atoms with Crippen molar-refractivity contribution in [1.29, 1.82) is 0 Å². The van der Waals surface area contributed by atoms with Gasteiger partial charge in [-0.15, -0.1) is 0 Å². The van der Waals surface area contributed by atoms with Gasteiger partial charge in [0.2, 0.25) is 5.92 Å². The molecule has 9 heteroatoms. The predicted octanol–water partition coefficient (Wildman–Crippen LogP) is 4.27. The zero-order valence-electron chi connectivity index (χ0n) is 13.7. The van der Waals surface area contributed by atoms with Crippen LogP contribution in [-0.4, -0.2) is 15.6 Å². The summed E-state index contributed by atoms with van der Waals surface area (Å²) >= 11 is 0. The molecule has 2 aromatic rings. The van der Waals surface area contributed by atoms with Crippen molar-refractivity contribution in [3.8, 4) is 0 Å². The van der Waals surface area contributed by atoms with Gasteiger partial charge in [0.15, 0.2) is 5.82 Å². The number of hydrogen-bond donors (Lipinski definition) is 0. The Kier molecular flexibility index (Phi) is 4.90. The minimum absolute atomic E-state index is 0.0126. The summed E-state index contributed by atoms with van der Waals surface area (Å²) in [5, 5.41) is 3.71. The molecule has 1 heterocycles. The monoisotopic (exact) mass is 376 g/mol. The lowest BCUT2D eigenvalue weighted by Gasteiger charge is -2.27. The average Bonchev–Trinajstić information content (AvgIpc) is 2.90. The first-order chi connectivity index (χ1) is 12.1. The lowest BCUT2D eigenvalue weighted by atomic mass is 9.84. The van der Waals surface area contributed by atoms with Gasteiger partial charge in [0.25, 0.3) is 0 Å². The van der Waals surface area contributed by atoms with Crippen LogP contribution in [0.5, 0.6) is 0 Å². The molecule has 0 unspecified atom stereocenters.